The maximum atomic E-state index is 14.9. The summed E-state index contributed by atoms with van der Waals surface area (Å²) < 4.78 is 20.6. The lowest BCUT2D eigenvalue weighted by Gasteiger charge is -2.42. The summed E-state index contributed by atoms with van der Waals surface area (Å²) in [6.07, 6.45) is 3.29. The van der Waals surface area contributed by atoms with Gasteiger partial charge >= 0.3 is 6.09 Å². The fourth-order valence-electron chi connectivity index (χ4n) is 4.32. The third kappa shape index (κ3) is 4.18. The van der Waals surface area contributed by atoms with Crippen LogP contribution in [0.3, 0.4) is 0 Å². The van der Waals surface area contributed by atoms with Crippen molar-refractivity contribution in [2.45, 2.75) is 63.4 Å². The van der Waals surface area contributed by atoms with Crippen LogP contribution in [0.25, 0.3) is 10.9 Å². The second-order valence-electron chi connectivity index (χ2n) is 8.88. The Morgan fingerprint density at radius 2 is 1.88 bits per heavy atom. The van der Waals surface area contributed by atoms with E-state index in [0.717, 1.165) is 12.8 Å². The van der Waals surface area contributed by atoms with Crippen molar-refractivity contribution >= 4 is 46.2 Å². The van der Waals surface area contributed by atoms with Crippen LogP contribution in [0.5, 0.6) is 0 Å². The predicted octanol–water partition coefficient (Wildman–Crippen LogP) is 4.50. The molecule has 32 heavy (non-hydrogen) atoms. The van der Waals surface area contributed by atoms with Gasteiger partial charge in [0.2, 0.25) is 0 Å². The first kappa shape index (κ1) is 22.9. The summed E-state index contributed by atoms with van der Waals surface area (Å²) in [5, 5.41) is 0.622. The first-order chi connectivity index (χ1) is 15.1. The van der Waals surface area contributed by atoms with E-state index in [4.69, 9.17) is 21.3 Å². The van der Waals surface area contributed by atoms with Gasteiger partial charge in [0, 0.05) is 13.1 Å². The molecule has 4 rings (SSSR count). The number of nitrogens with zero attached hydrogens (tertiary/aromatic N) is 5. The molecular weight excluding hydrogens is 453 g/mol. The third-order valence-corrected chi connectivity index (χ3v) is 6.32. The summed E-state index contributed by atoms with van der Waals surface area (Å²) in [6.45, 7) is 8.38. The van der Waals surface area contributed by atoms with Crippen LogP contribution in [0.2, 0.25) is 5.15 Å². The van der Waals surface area contributed by atoms with Gasteiger partial charge in [0.05, 0.1) is 17.5 Å². The average Bonchev–Trinajstić information content (AvgIpc) is 2.99. The number of thioether (sulfide) groups is 1. The van der Waals surface area contributed by atoms with Crippen molar-refractivity contribution in [2.75, 3.05) is 24.2 Å². The average molecular weight is 478 g/mol. The minimum Gasteiger partial charge on any atom is -0.444 e. The van der Waals surface area contributed by atoms with E-state index in [1.54, 1.807) is 6.92 Å². The fraction of sp³-hybridized carbons (Fsp3) is 0.545. The lowest BCUT2D eigenvalue weighted by atomic mass is 10.1. The number of carbonyl (C=O) groups is 1. The van der Waals surface area contributed by atoms with E-state index in [0.29, 0.717) is 35.1 Å². The summed E-state index contributed by atoms with van der Waals surface area (Å²) in [5.41, 5.74) is -0.0996. The molecule has 170 valence electrons. The quantitative estimate of drug-likeness (QED) is 0.273. The zero-order chi connectivity index (χ0) is 23.2. The van der Waals surface area contributed by atoms with Crippen molar-refractivity contribution in [1.29, 1.82) is 0 Å². The number of rotatable bonds is 2. The summed E-state index contributed by atoms with van der Waals surface area (Å²) in [4.78, 5) is 30.0. The Hall–Kier alpha value is -2.31. The Morgan fingerprint density at radius 1 is 1.22 bits per heavy atom. The molecule has 1 amide bonds. The number of carbonyl (C=O) groups excluding carboxylic acids is 1. The monoisotopic (exact) mass is 477 g/mol. The highest BCUT2D eigenvalue weighted by Crippen LogP contribution is 2.38. The molecule has 2 saturated heterocycles. The van der Waals surface area contributed by atoms with Gasteiger partial charge in [-0.2, -0.15) is 0 Å². The number of hydrogen-bond acceptors (Lipinski definition) is 7. The molecule has 0 spiro atoms. The van der Waals surface area contributed by atoms with E-state index >= 15 is 0 Å². The van der Waals surface area contributed by atoms with Crippen molar-refractivity contribution in [2.24, 2.45) is 0 Å². The van der Waals surface area contributed by atoms with Crippen LogP contribution in [0.15, 0.2) is 5.16 Å². The minimum atomic E-state index is -0.683. The maximum absolute atomic E-state index is 14.9. The van der Waals surface area contributed by atoms with Crippen LogP contribution < -0.4 is 4.90 Å². The number of piperazine rings is 1. The van der Waals surface area contributed by atoms with Crippen LogP contribution >= 0.6 is 23.4 Å². The van der Waals surface area contributed by atoms with Crippen LogP contribution in [-0.2, 0) is 4.74 Å². The Kier molecular flexibility index (Phi) is 6.12. The molecule has 2 aliphatic heterocycles. The van der Waals surface area contributed by atoms with Crippen molar-refractivity contribution < 1.29 is 13.9 Å². The maximum Gasteiger partial charge on any atom is 0.410 e. The second-order valence-corrected chi connectivity index (χ2v) is 10.0. The smallest absolute Gasteiger partial charge is 0.410 e. The minimum absolute atomic E-state index is 0.0165. The second kappa shape index (κ2) is 8.56. The molecule has 2 aromatic heterocycles. The van der Waals surface area contributed by atoms with Gasteiger partial charge in [-0.25, -0.2) is 24.1 Å². The van der Waals surface area contributed by atoms with Crippen LogP contribution in [0, 0.1) is 17.7 Å². The number of anilines is 1. The van der Waals surface area contributed by atoms with E-state index in [2.05, 4.69) is 26.7 Å². The summed E-state index contributed by atoms with van der Waals surface area (Å²) in [6, 6.07) is -0.0330. The standard InChI is InChI=1S/C22H25ClFN5O2S/c1-6-7-14-15-17(16(24)18(23)25-14)26-20(32-5)27-19(15)28-10-12-8-9-13(11-28)29(12)21(30)31-22(2,3)4/h12-13H,8-11H2,1-5H3/t12-,13+. The van der Waals surface area contributed by atoms with Crippen LogP contribution in [0.4, 0.5) is 15.0 Å². The predicted molar refractivity (Wildman–Crippen MR) is 124 cm³/mol. The molecule has 0 N–H and O–H groups in total. The number of ether oxygens (including phenoxy) is 1. The molecule has 2 bridgehead atoms. The first-order valence-electron chi connectivity index (χ1n) is 10.4. The number of hydrogen-bond donors (Lipinski definition) is 0. The normalized spacial score (nSPS) is 20.3. The molecule has 2 aliphatic rings. The largest absolute Gasteiger partial charge is 0.444 e. The van der Waals surface area contributed by atoms with Gasteiger partial charge in [-0.15, -0.1) is 0 Å². The van der Waals surface area contributed by atoms with Gasteiger partial charge in [0.25, 0.3) is 0 Å². The van der Waals surface area contributed by atoms with Crippen molar-refractivity contribution in [3.05, 3.63) is 16.7 Å². The zero-order valence-electron chi connectivity index (χ0n) is 18.7. The van der Waals surface area contributed by atoms with Gasteiger partial charge in [-0.3, -0.25) is 4.90 Å². The highest BCUT2D eigenvalue weighted by atomic mass is 35.5. The third-order valence-electron chi connectivity index (χ3n) is 5.52. The molecular formula is C22H25ClFN5O2S. The lowest BCUT2D eigenvalue weighted by Crippen LogP contribution is -2.57. The van der Waals surface area contributed by atoms with Crippen molar-refractivity contribution in [3.63, 3.8) is 0 Å². The van der Waals surface area contributed by atoms with Crippen LogP contribution in [0.1, 0.15) is 46.2 Å². The molecule has 2 atom stereocenters. The Morgan fingerprint density at radius 3 is 2.44 bits per heavy atom. The summed E-state index contributed by atoms with van der Waals surface area (Å²) in [5.74, 6) is 5.62. The number of pyridine rings is 1. The number of amides is 1. The van der Waals surface area contributed by atoms with E-state index in [-0.39, 0.29) is 28.8 Å². The summed E-state index contributed by atoms with van der Waals surface area (Å²) in [7, 11) is 0. The van der Waals surface area contributed by atoms with Gasteiger partial charge in [0.1, 0.15) is 22.6 Å². The number of fused-ring (bicyclic) bond motifs is 3. The van der Waals surface area contributed by atoms with Crippen molar-refractivity contribution in [1.82, 2.24) is 19.9 Å². The van der Waals surface area contributed by atoms with Crippen LogP contribution in [-0.4, -0.2) is 63.0 Å². The molecule has 7 nitrogen and oxygen atoms in total. The van der Waals surface area contributed by atoms with E-state index in [9.17, 15) is 9.18 Å². The van der Waals surface area contributed by atoms with Gasteiger partial charge < -0.3 is 9.64 Å². The fourth-order valence-corrected chi connectivity index (χ4v) is 4.86. The first-order valence-corrected chi connectivity index (χ1v) is 12.0. The zero-order valence-corrected chi connectivity index (χ0v) is 20.3. The molecule has 0 saturated carbocycles. The molecule has 0 radical (unpaired) electrons. The number of aromatic nitrogens is 3. The van der Waals surface area contributed by atoms with E-state index in [1.165, 1.54) is 11.8 Å². The Bertz CT molecular complexity index is 1130. The van der Waals surface area contributed by atoms with Gasteiger partial charge in [-0.1, -0.05) is 29.3 Å². The Balaban J connectivity index is 1.77. The molecule has 0 aromatic carbocycles. The molecule has 2 aromatic rings. The topological polar surface area (TPSA) is 71.5 Å². The summed E-state index contributed by atoms with van der Waals surface area (Å²) >= 11 is 7.36. The van der Waals surface area contributed by atoms with Crippen molar-refractivity contribution in [3.8, 4) is 11.8 Å². The van der Waals surface area contributed by atoms with Gasteiger partial charge in [0.15, 0.2) is 16.1 Å². The van der Waals surface area contributed by atoms with Gasteiger partial charge in [-0.05, 0) is 52.7 Å². The molecule has 0 unspecified atom stereocenters. The number of halogens is 2. The SMILES string of the molecule is CC#Cc1nc(Cl)c(F)c2nc(SC)nc(N3C[C@H]4CC[C@@H](C3)N4C(=O)OC(C)(C)C)c12. The van der Waals surface area contributed by atoms with E-state index in [1.807, 2.05) is 31.9 Å². The highest BCUT2D eigenvalue weighted by molar-refractivity contribution is 7.98. The Labute approximate surface area is 196 Å². The molecule has 4 heterocycles. The molecule has 0 aliphatic carbocycles. The van der Waals surface area contributed by atoms with E-state index < -0.39 is 11.4 Å². The molecule has 2 fully saturated rings. The lowest BCUT2D eigenvalue weighted by molar-refractivity contribution is 0.0123. The molecule has 10 heteroatoms. The highest BCUT2D eigenvalue weighted by Gasteiger charge is 2.45.